The molecule has 1 unspecified atom stereocenters. The Bertz CT molecular complexity index is 594. The smallest absolute Gasteiger partial charge is 0.225 e. The van der Waals surface area contributed by atoms with Crippen LogP contribution in [-0.2, 0) is 0 Å². The molecule has 1 atom stereocenters. The van der Waals surface area contributed by atoms with E-state index in [4.69, 9.17) is 0 Å². The van der Waals surface area contributed by atoms with Gasteiger partial charge in [0.1, 0.15) is 10.8 Å². The van der Waals surface area contributed by atoms with E-state index < -0.39 is 0 Å². The van der Waals surface area contributed by atoms with E-state index in [0.29, 0.717) is 6.04 Å². The van der Waals surface area contributed by atoms with Gasteiger partial charge in [-0.05, 0) is 24.7 Å². The van der Waals surface area contributed by atoms with Crippen LogP contribution < -0.4 is 10.2 Å². The molecule has 0 spiro atoms. The van der Waals surface area contributed by atoms with Crippen LogP contribution in [0.15, 0.2) is 35.9 Å². The second kappa shape index (κ2) is 7.40. The molecule has 0 aromatic carbocycles. The van der Waals surface area contributed by atoms with Gasteiger partial charge in [-0.2, -0.15) is 0 Å². The minimum atomic E-state index is 0.341. The number of nitrogens with one attached hydrogen (secondary N) is 1. The van der Waals surface area contributed by atoms with Gasteiger partial charge in [-0.1, -0.05) is 6.92 Å². The fraction of sp³-hybridized carbons (Fsp3) is 0.467. The van der Waals surface area contributed by atoms with Crippen molar-refractivity contribution in [2.75, 3.05) is 29.1 Å². The summed E-state index contributed by atoms with van der Waals surface area (Å²) in [6.45, 7) is 4.00. The van der Waals surface area contributed by atoms with Crippen LogP contribution in [0.4, 0.5) is 11.8 Å². The summed E-state index contributed by atoms with van der Waals surface area (Å²) in [5, 5.41) is 4.46. The Morgan fingerprint density at radius 3 is 3.00 bits per heavy atom. The van der Waals surface area contributed by atoms with Crippen molar-refractivity contribution >= 4 is 23.5 Å². The normalized spacial score (nSPS) is 18.2. The monoisotopic (exact) mass is 316 g/mol. The molecule has 0 amide bonds. The molecule has 1 aliphatic rings. The van der Waals surface area contributed by atoms with Crippen LogP contribution in [0.3, 0.4) is 0 Å². The summed E-state index contributed by atoms with van der Waals surface area (Å²) >= 11 is 1.70. The van der Waals surface area contributed by atoms with E-state index in [1.807, 2.05) is 12.3 Å². The van der Waals surface area contributed by atoms with Gasteiger partial charge in [0.25, 0.3) is 0 Å². The summed E-state index contributed by atoms with van der Waals surface area (Å²) < 4.78 is 0. The van der Waals surface area contributed by atoms with E-state index in [-0.39, 0.29) is 0 Å². The van der Waals surface area contributed by atoms with E-state index in [1.165, 1.54) is 0 Å². The van der Waals surface area contributed by atoms with Crippen molar-refractivity contribution in [2.45, 2.75) is 30.8 Å². The molecule has 22 heavy (non-hydrogen) atoms. The van der Waals surface area contributed by atoms with Crippen LogP contribution in [-0.4, -0.2) is 44.8 Å². The number of aromatic nitrogens is 4. The van der Waals surface area contributed by atoms with Crippen molar-refractivity contribution in [2.24, 2.45) is 0 Å². The fourth-order valence-electron chi connectivity index (χ4n) is 2.58. The van der Waals surface area contributed by atoms with Gasteiger partial charge in [-0.25, -0.2) is 15.0 Å². The average Bonchev–Trinajstić information content (AvgIpc) is 2.57. The molecule has 116 valence electrons. The van der Waals surface area contributed by atoms with E-state index in [1.54, 1.807) is 30.4 Å². The van der Waals surface area contributed by atoms with E-state index >= 15 is 0 Å². The average molecular weight is 316 g/mol. The first-order valence-corrected chi connectivity index (χ1v) is 8.57. The van der Waals surface area contributed by atoms with Crippen molar-refractivity contribution in [1.82, 2.24) is 19.9 Å². The Balaban J connectivity index is 1.64. The molecule has 0 aliphatic carbocycles. The third-order valence-electron chi connectivity index (χ3n) is 3.51. The number of rotatable bonds is 5. The van der Waals surface area contributed by atoms with Crippen molar-refractivity contribution in [3.05, 3.63) is 30.9 Å². The Labute approximate surface area is 134 Å². The lowest BCUT2D eigenvalue weighted by Gasteiger charge is -2.33. The fourth-order valence-corrected chi connectivity index (χ4v) is 3.17. The van der Waals surface area contributed by atoms with Crippen molar-refractivity contribution in [3.8, 4) is 0 Å². The van der Waals surface area contributed by atoms with E-state index in [0.717, 1.165) is 48.5 Å². The lowest BCUT2D eigenvalue weighted by molar-refractivity contribution is 0.521. The van der Waals surface area contributed by atoms with Crippen LogP contribution >= 0.6 is 11.8 Å². The van der Waals surface area contributed by atoms with Crippen LogP contribution in [0.2, 0.25) is 0 Å². The lowest BCUT2D eigenvalue weighted by Crippen LogP contribution is -2.43. The van der Waals surface area contributed by atoms with Crippen LogP contribution in [0, 0.1) is 0 Å². The zero-order chi connectivity index (χ0) is 15.2. The molecule has 1 N–H and O–H groups in total. The minimum absolute atomic E-state index is 0.341. The highest BCUT2D eigenvalue weighted by atomic mass is 32.2. The molecular weight excluding hydrogens is 296 g/mol. The molecule has 1 fully saturated rings. The Hall–Kier alpha value is -1.89. The predicted octanol–water partition coefficient (Wildman–Crippen LogP) is 2.46. The van der Waals surface area contributed by atoms with E-state index in [9.17, 15) is 0 Å². The number of thioether (sulfide) groups is 1. The number of nitrogens with zero attached hydrogens (tertiary/aromatic N) is 5. The topological polar surface area (TPSA) is 66.8 Å². The molecule has 7 heteroatoms. The molecule has 2 aromatic heterocycles. The van der Waals surface area contributed by atoms with Crippen molar-refractivity contribution in [1.29, 1.82) is 0 Å². The minimum Gasteiger partial charge on any atom is -0.364 e. The van der Waals surface area contributed by atoms with Crippen molar-refractivity contribution in [3.63, 3.8) is 0 Å². The quantitative estimate of drug-likeness (QED) is 0.850. The van der Waals surface area contributed by atoms with Crippen LogP contribution in [0.25, 0.3) is 0 Å². The largest absolute Gasteiger partial charge is 0.364 e. The van der Waals surface area contributed by atoms with Gasteiger partial charge < -0.3 is 10.2 Å². The highest BCUT2D eigenvalue weighted by Gasteiger charge is 2.21. The Morgan fingerprint density at radius 2 is 2.18 bits per heavy atom. The molecule has 6 nitrogen and oxygen atoms in total. The maximum Gasteiger partial charge on any atom is 0.225 e. The predicted molar refractivity (Wildman–Crippen MR) is 89.3 cm³/mol. The molecule has 0 saturated carbocycles. The molecule has 3 heterocycles. The number of hydrogen-bond acceptors (Lipinski definition) is 7. The molecule has 1 saturated heterocycles. The molecule has 0 bridgehead atoms. The number of piperidine rings is 1. The van der Waals surface area contributed by atoms with Gasteiger partial charge >= 0.3 is 0 Å². The highest BCUT2D eigenvalue weighted by molar-refractivity contribution is 7.99. The number of hydrogen-bond donors (Lipinski definition) is 1. The second-order valence-electron chi connectivity index (χ2n) is 5.15. The molecule has 2 aromatic rings. The Morgan fingerprint density at radius 1 is 1.32 bits per heavy atom. The zero-order valence-electron chi connectivity index (χ0n) is 12.6. The summed E-state index contributed by atoms with van der Waals surface area (Å²) in [6.07, 6.45) is 9.41. The van der Waals surface area contributed by atoms with Crippen molar-refractivity contribution < 1.29 is 0 Å². The maximum absolute atomic E-state index is 4.59. The standard InChI is InChI=1S/C15H20N6S/c1-2-22-14-10-16-9-13(20-14)19-12-5-3-8-21(11-12)15-17-6-4-7-18-15/h4,6-7,9-10,12H,2-3,5,8,11H2,1H3,(H,19,20). The first-order chi connectivity index (χ1) is 10.8. The van der Waals surface area contributed by atoms with Gasteiger partial charge in [0.05, 0.1) is 12.4 Å². The van der Waals surface area contributed by atoms with Crippen LogP contribution in [0.1, 0.15) is 19.8 Å². The van der Waals surface area contributed by atoms with E-state index in [2.05, 4.69) is 37.1 Å². The lowest BCUT2D eigenvalue weighted by atomic mass is 10.1. The van der Waals surface area contributed by atoms with Gasteiger partial charge in [-0.3, -0.25) is 4.98 Å². The third kappa shape index (κ3) is 3.85. The summed E-state index contributed by atoms with van der Waals surface area (Å²) in [4.78, 5) is 19.8. The third-order valence-corrected chi connectivity index (χ3v) is 4.29. The summed E-state index contributed by atoms with van der Waals surface area (Å²) in [7, 11) is 0. The van der Waals surface area contributed by atoms with Gasteiger partial charge in [0.15, 0.2) is 0 Å². The molecule has 3 rings (SSSR count). The maximum atomic E-state index is 4.59. The van der Waals surface area contributed by atoms with Crippen LogP contribution in [0.5, 0.6) is 0 Å². The van der Waals surface area contributed by atoms with Gasteiger partial charge in [0.2, 0.25) is 5.95 Å². The molecular formula is C15H20N6S. The molecule has 0 radical (unpaired) electrons. The zero-order valence-corrected chi connectivity index (χ0v) is 13.5. The summed E-state index contributed by atoms with van der Waals surface area (Å²) in [5.74, 6) is 2.65. The highest BCUT2D eigenvalue weighted by Crippen LogP contribution is 2.20. The summed E-state index contributed by atoms with van der Waals surface area (Å²) in [5.41, 5.74) is 0. The first kappa shape index (κ1) is 15.0. The van der Waals surface area contributed by atoms with Gasteiger partial charge in [0, 0.05) is 31.5 Å². The van der Waals surface area contributed by atoms with Gasteiger partial charge in [-0.15, -0.1) is 11.8 Å². The first-order valence-electron chi connectivity index (χ1n) is 7.58. The number of anilines is 2. The summed E-state index contributed by atoms with van der Waals surface area (Å²) in [6, 6.07) is 2.18. The second-order valence-corrected chi connectivity index (χ2v) is 6.44. The Kier molecular flexibility index (Phi) is 5.05. The SMILES string of the molecule is CCSc1cncc(NC2CCCN(c3ncccn3)C2)n1. The molecule has 1 aliphatic heterocycles.